The minimum absolute atomic E-state index is 0.0835. The minimum Gasteiger partial charge on any atom is -0.341 e. The molecule has 0 saturated carbocycles. The number of benzene rings is 2. The van der Waals surface area contributed by atoms with Gasteiger partial charge in [-0.25, -0.2) is 0 Å². The molecule has 2 amide bonds. The van der Waals surface area contributed by atoms with E-state index in [0.29, 0.717) is 0 Å². The molecule has 1 heterocycles. The third-order valence-corrected chi connectivity index (χ3v) is 5.52. The van der Waals surface area contributed by atoms with Gasteiger partial charge in [-0.05, 0) is 49.9 Å². The van der Waals surface area contributed by atoms with Gasteiger partial charge in [0.05, 0.1) is 6.54 Å². The quantitative estimate of drug-likeness (QED) is 0.777. The fraction of sp³-hybridized carbons (Fsp3) is 0.417. The van der Waals surface area contributed by atoms with E-state index in [0.717, 1.165) is 49.2 Å². The van der Waals surface area contributed by atoms with Crippen LogP contribution in [0.4, 0.5) is 5.69 Å². The zero-order chi connectivity index (χ0) is 20.6. The van der Waals surface area contributed by atoms with Crippen molar-refractivity contribution in [2.45, 2.75) is 38.6 Å². The number of carbonyl (C=O) groups is 2. The fourth-order valence-electron chi connectivity index (χ4n) is 3.97. The highest BCUT2D eigenvalue weighted by Crippen LogP contribution is 2.24. The van der Waals surface area contributed by atoms with Crippen molar-refractivity contribution in [3.8, 4) is 0 Å². The largest absolute Gasteiger partial charge is 0.341 e. The lowest BCUT2D eigenvalue weighted by atomic mass is 10.0. The number of para-hydroxylation sites is 1. The molecular weight excluding hydrogens is 362 g/mol. The van der Waals surface area contributed by atoms with Crippen molar-refractivity contribution in [1.29, 1.82) is 0 Å². The predicted molar refractivity (Wildman–Crippen MR) is 117 cm³/mol. The first kappa shape index (κ1) is 21.1. The second kappa shape index (κ2) is 10.2. The van der Waals surface area contributed by atoms with Crippen molar-refractivity contribution in [3.05, 3.63) is 65.7 Å². The molecule has 29 heavy (non-hydrogen) atoms. The zero-order valence-corrected chi connectivity index (χ0v) is 17.4. The van der Waals surface area contributed by atoms with E-state index in [1.165, 1.54) is 6.42 Å². The van der Waals surface area contributed by atoms with E-state index in [4.69, 9.17) is 0 Å². The lowest BCUT2D eigenvalue weighted by molar-refractivity contribution is -0.138. The van der Waals surface area contributed by atoms with Crippen molar-refractivity contribution >= 4 is 17.5 Å². The Balaban J connectivity index is 1.74. The number of hydrogen-bond donors (Lipinski definition) is 1. The maximum absolute atomic E-state index is 13.3. The second-order valence-corrected chi connectivity index (χ2v) is 7.67. The summed E-state index contributed by atoms with van der Waals surface area (Å²) in [5.41, 5.74) is 2.87. The van der Waals surface area contributed by atoms with Gasteiger partial charge >= 0.3 is 0 Å². The van der Waals surface area contributed by atoms with E-state index in [1.54, 1.807) is 0 Å². The molecule has 1 aliphatic rings. The van der Waals surface area contributed by atoms with Gasteiger partial charge in [0.1, 0.15) is 6.04 Å². The average molecular weight is 394 g/mol. The number of piperidine rings is 1. The molecule has 0 bridgehead atoms. The maximum Gasteiger partial charge on any atom is 0.244 e. The number of likely N-dealkylation sites (N-methyl/N-ethyl adjacent to an activating group) is 1. The van der Waals surface area contributed by atoms with E-state index in [-0.39, 0.29) is 18.4 Å². The van der Waals surface area contributed by atoms with Gasteiger partial charge in [-0.3, -0.25) is 14.5 Å². The van der Waals surface area contributed by atoms with Crippen LogP contribution in [0.3, 0.4) is 0 Å². The SMILES string of the molecule is CCc1ccccc1NC(=O)CN(C)[C@H](C(=O)N1CCCCC1)c1ccccc1. The van der Waals surface area contributed by atoms with Crippen LogP contribution in [0.1, 0.15) is 43.4 Å². The van der Waals surface area contributed by atoms with Crippen LogP contribution in [0, 0.1) is 0 Å². The Bertz CT molecular complexity index is 816. The summed E-state index contributed by atoms with van der Waals surface area (Å²) in [4.78, 5) is 29.9. The van der Waals surface area contributed by atoms with Crippen LogP contribution in [0.5, 0.6) is 0 Å². The number of hydrogen-bond acceptors (Lipinski definition) is 3. The molecular formula is C24H31N3O2. The van der Waals surface area contributed by atoms with Crippen LogP contribution < -0.4 is 5.32 Å². The van der Waals surface area contributed by atoms with Gasteiger partial charge in [-0.15, -0.1) is 0 Å². The Morgan fingerprint density at radius 1 is 1.00 bits per heavy atom. The summed E-state index contributed by atoms with van der Waals surface area (Å²) in [5.74, 6) is -0.0269. The summed E-state index contributed by atoms with van der Waals surface area (Å²) in [5, 5.41) is 3.01. The number of carbonyl (C=O) groups excluding carboxylic acids is 2. The van der Waals surface area contributed by atoms with E-state index in [9.17, 15) is 9.59 Å². The molecule has 0 radical (unpaired) electrons. The molecule has 0 aliphatic carbocycles. The first-order chi connectivity index (χ1) is 14.1. The second-order valence-electron chi connectivity index (χ2n) is 7.67. The van der Waals surface area contributed by atoms with Crippen molar-refractivity contribution in [2.24, 2.45) is 0 Å². The lowest BCUT2D eigenvalue weighted by Gasteiger charge is -2.34. The van der Waals surface area contributed by atoms with Crippen LogP contribution in [0.15, 0.2) is 54.6 Å². The van der Waals surface area contributed by atoms with Gasteiger partial charge in [-0.2, -0.15) is 0 Å². The maximum atomic E-state index is 13.3. The third kappa shape index (κ3) is 5.45. The molecule has 1 N–H and O–H groups in total. The van der Waals surface area contributed by atoms with E-state index in [1.807, 2.05) is 71.4 Å². The Kier molecular flexibility index (Phi) is 7.42. The molecule has 2 aromatic rings. The fourth-order valence-corrected chi connectivity index (χ4v) is 3.97. The molecule has 1 aliphatic heterocycles. The van der Waals surface area contributed by atoms with Gasteiger partial charge < -0.3 is 10.2 Å². The standard InChI is InChI=1S/C24H31N3O2/c1-3-19-12-8-9-15-21(19)25-22(28)18-26(2)23(20-13-6-4-7-14-20)24(29)27-16-10-5-11-17-27/h4,6-9,12-15,23H,3,5,10-11,16-18H2,1-2H3,(H,25,28)/t23-/m0/s1. The van der Waals surface area contributed by atoms with Crippen molar-refractivity contribution in [2.75, 3.05) is 32.0 Å². The Labute approximate surface area is 173 Å². The lowest BCUT2D eigenvalue weighted by Crippen LogP contribution is -2.45. The summed E-state index contributed by atoms with van der Waals surface area (Å²) < 4.78 is 0. The minimum atomic E-state index is -0.457. The van der Waals surface area contributed by atoms with E-state index >= 15 is 0 Å². The summed E-state index contributed by atoms with van der Waals surface area (Å²) >= 11 is 0. The van der Waals surface area contributed by atoms with Crippen LogP contribution >= 0.6 is 0 Å². The van der Waals surface area contributed by atoms with E-state index < -0.39 is 6.04 Å². The normalized spacial score (nSPS) is 15.2. The molecule has 5 heteroatoms. The first-order valence-corrected chi connectivity index (χ1v) is 10.5. The van der Waals surface area contributed by atoms with Crippen LogP contribution in [0.2, 0.25) is 0 Å². The Morgan fingerprint density at radius 3 is 2.34 bits per heavy atom. The van der Waals surface area contributed by atoms with Crippen LogP contribution in [0.25, 0.3) is 0 Å². The topological polar surface area (TPSA) is 52.7 Å². The van der Waals surface area contributed by atoms with Crippen LogP contribution in [-0.4, -0.2) is 48.3 Å². The van der Waals surface area contributed by atoms with Gasteiger partial charge in [0.25, 0.3) is 0 Å². The summed E-state index contributed by atoms with van der Waals surface area (Å²) in [6, 6.07) is 17.1. The molecule has 2 aromatic carbocycles. The first-order valence-electron chi connectivity index (χ1n) is 10.5. The highest BCUT2D eigenvalue weighted by atomic mass is 16.2. The molecule has 3 rings (SSSR count). The number of aryl methyl sites for hydroxylation is 1. The Hall–Kier alpha value is -2.66. The number of likely N-dealkylation sites (tertiary alicyclic amines) is 1. The number of nitrogens with one attached hydrogen (secondary N) is 1. The van der Waals surface area contributed by atoms with Gasteiger partial charge in [0.15, 0.2) is 0 Å². The van der Waals surface area contributed by atoms with E-state index in [2.05, 4.69) is 12.2 Å². The third-order valence-electron chi connectivity index (χ3n) is 5.52. The number of rotatable bonds is 7. The van der Waals surface area contributed by atoms with Crippen LogP contribution in [-0.2, 0) is 16.0 Å². The monoisotopic (exact) mass is 393 g/mol. The number of anilines is 1. The molecule has 1 atom stereocenters. The number of nitrogens with zero attached hydrogens (tertiary/aromatic N) is 2. The number of amides is 2. The van der Waals surface area contributed by atoms with Gasteiger partial charge in [0.2, 0.25) is 11.8 Å². The summed E-state index contributed by atoms with van der Waals surface area (Å²) in [6.07, 6.45) is 4.12. The van der Waals surface area contributed by atoms with Crippen molar-refractivity contribution in [1.82, 2.24) is 9.80 Å². The predicted octanol–water partition coefficient (Wildman–Crippen LogP) is 3.87. The highest BCUT2D eigenvalue weighted by molar-refractivity contribution is 5.93. The van der Waals surface area contributed by atoms with Crippen molar-refractivity contribution in [3.63, 3.8) is 0 Å². The molecule has 1 saturated heterocycles. The summed E-state index contributed by atoms with van der Waals surface area (Å²) in [6.45, 7) is 3.81. The Morgan fingerprint density at radius 2 is 1.66 bits per heavy atom. The molecule has 0 aromatic heterocycles. The smallest absolute Gasteiger partial charge is 0.244 e. The zero-order valence-electron chi connectivity index (χ0n) is 17.4. The molecule has 0 spiro atoms. The molecule has 5 nitrogen and oxygen atoms in total. The van der Waals surface area contributed by atoms with Gasteiger partial charge in [0, 0.05) is 18.8 Å². The molecule has 0 unspecified atom stereocenters. The molecule has 1 fully saturated rings. The molecule has 154 valence electrons. The summed E-state index contributed by atoms with van der Waals surface area (Å²) in [7, 11) is 1.85. The average Bonchev–Trinajstić information content (AvgIpc) is 2.75. The van der Waals surface area contributed by atoms with Crippen molar-refractivity contribution < 1.29 is 9.59 Å². The highest BCUT2D eigenvalue weighted by Gasteiger charge is 2.31. The van der Waals surface area contributed by atoms with Gasteiger partial charge in [-0.1, -0.05) is 55.5 Å².